The average Bonchev–Trinajstić information content (AvgIpc) is 2.87. The van der Waals surface area contributed by atoms with Crippen LogP contribution in [0.1, 0.15) is 76.8 Å². The van der Waals surface area contributed by atoms with E-state index in [1.165, 1.54) is 70.0 Å². The van der Waals surface area contributed by atoms with Crippen LogP contribution >= 0.6 is 0 Å². The molecule has 1 aromatic carbocycles. The molecular formula is C28H47BN4O. The van der Waals surface area contributed by atoms with Gasteiger partial charge in [0.1, 0.15) is 0 Å². The van der Waals surface area contributed by atoms with E-state index in [2.05, 4.69) is 59.7 Å². The van der Waals surface area contributed by atoms with Crippen LogP contribution in [-0.2, 0) is 4.74 Å². The number of nitrogens with zero attached hydrogens (tertiary/aromatic N) is 2. The van der Waals surface area contributed by atoms with Crippen molar-refractivity contribution < 1.29 is 4.74 Å². The molecule has 0 unspecified atom stereocenters. The first-order chi connectivity index (χ1) is 16.6. The highest BCUT2D eigenvalue weighted by atomic mass is 16.5. The second-order valence-electron chi connectivity index (χ2n) is 11.2. The normalized spacial score (nSPS) is 28.1. The molecule has 34 heavy (non-hydrogen) atoms. The van der Waals surface area contributed by atoms with E-state index in [-0.39, 0.29) is 0 Å². The van der Waals surface area contributed by atoms with Crippen molar-refractivity contribution in [3.63, 3.8) is 0 Å². The first-order valence-corrected chi connectivity index (χ1v) is 13.9. The van der Waals surface area contributed by atoms with Crippen LogP contribution < -0.4 is 10.6 Å². The van der Waals surface area contributed by atoms with Gasteiger partial charge in [-0.15, -0.1) is 0 Å². The Bertz CT molecular complexity index is 696. The summed E-state index contributed by atoms with van der Waals surface area (Å²) in [5.41, 5.74) is 1.72. The van der Waals surface area contributed by atoms with Crippen LogP contribution in [0, 0.1) is 5.92 Å². The monoisotopic (exact) mass is 466 g/mol. The van der Waals surface area contributed by atoms with Crippen molar-refractivity contribution >= 4 is 7.98 Å². The molecule has 5 nitrogen and oxygen atoms in total. The molecule has 6 heteroatoms. The lowest BCUT2D eigenvalue weighted by Gasteiger charge is -2.49. The first kappa shape index (κ1) is 26.2. The standard InChI is InChI=1S/C28H47BN4O/c1-3-34-26-11-9-23(10-12-26)21-30-22-27(24-7-5-4-6-8-24)31-25-13-17-32(18-14-25)28(2)15-19-33(29)20-16-28/h4-8,23,25-27,30-31H,3,9-22H2,1-2H3/t23?,26?,27-/m0/s1. The summed E-state index contributed by atoms with van der Waals surface area (Å²) in [5, 5.41) is 7.87. The van der Waals surface area contributed by atoms with E-state index in [0.717, 1.165) is 38.7 Å². The van der Waals surface area contributed by atoms with E-state index >= 15 is 0 Å². The first-order valence-electron chi connectivity index (χ1n) is 13.9. The third-order valence-corrected chi connectivity index (χ3v) is 8.75. The van der Waals surface area contributed by atoms with E-state index < -0.39 is 0 Å². The maximum absolute atomic E-state index is 6.02. The molecule has 4 rings (SSSR count). The van der Waals surface area contributed by atoms with Crippen LogP contribution in [0.2, 0.25) is 0 Å². The molecule has 3 aliphatic rings. The van der Waals surface area contributed by atoms with Crippen molar-refractivity contribution in [2.24, 2.45) is 5.92 Å². The highest BCUT2D eigenvalue weighted by molar-refractivity contribution is 6.04. The number of piperidine rings is 2. The largest absolute Gasteiger partial charge is 0.379 e. The number of hydrogen-bond donors (Lipinski definition) is 2. The van der Waals surface area contributed by atoms with E-state index in [1.807, 2.05) is 4.81 Å². The second-order valence-corrected chi connectivity index (χ2v) is 11.2. The van der Waals surface area contributed by atoms with Gasteiger partial charge in [-0.25, -0.2) is 0 Å². The molecule has 0 aromatic heterocycles. The molecule has 1 aliphatic carbocycles. The SMILES string of the molecule is [B]N1CCC(C)(N2CCC(N[C@@H](CNCC3CCC(OCC)CC3)c3ccccc3)CC2)CC1. The third kappa shape index (κ3) is 7.30. The van der Waals surface area contributed by atoms with Gasteiger partial charge in [0.05, 0.1) is 6.10 Å². The van der Waals surface area contributed by atoms with E-state index in [9.17, 15) is 0 Å². The van der Waals surface area contributed by atoms with Crippen molar-refractivity contribution in [2.75, 3.05) is 45.9 Å². The maximum Gasteiger partial charge on any atom is 0.182 e. The molecule has 1 saturated carbocycles. The number of nitrogens with one attached hydrogen (secondary N) is 2. The Hall–Kier alpha value is -0.915. The Morgan fingerprint density at radius 3 is 2.32 bits per heavy atom. The Balaban J connectivity index is 1.24. The summed E-state index contributed by atoms with van der Waals surface area (Å²) in [7, 11) is 6.02. The molecule has 0 spiro atoms. The smallest absolute Gasteiger partial charge is 0.182 e. The van der Waals surface area contributed by atoms with Crippen LogP contribution in [0.3, 0.4) is 0 Å². The lowest BCUT2D eigenvalue weighted by molar-refractivity contribution is 0.0255. The molecule has 1 aromatic rings. The summed E-state index contributed by atoms with van der Waals surface area (Å²) in [6, 6.07) is 12.0. The van der Waals surface area contributed by atoms with Gasteiger partial charge in [-0.05, 0) is 96.3 Å². The highest BCUT2D eigenvalue weighted by Crippen LogP contribution is 2.31. The molecule has 0 amide bonds. The van der Waals surface area contributed by atoms with Gasteiger partial charge in [0.15, 0.2) is 7.98 Å². The molecule has 2 saturated heterocycles. The fraction of sp³-hybridized carbons (Fsp3) is 0.786. The lowest BCUT2D eigenvalue weighted by atomic mass is 9.84. The predicted molar refractivity (Wildman–Crippen MR) is 142 cm³/mol. The van der Waals surface area contributed by atoms with Crippen molar-refractivity contribution in [3.05, 3.63) is 35.9 Å². The van der Waals surface area contributed by atoms with Gasteiger partial charge in [0.25, 0.3) is 0 Å². The lowest BCUT2D eigenvalue weighted by Crippen LogP contribution is -2.57. The summed E-state index contributed by atoms with van der Waals surface area (Å²) in [6.45, 7) is 12.0. The Labute approximate surface area is 209 Å². The van der Waals surface area contributed by atoms with Gasteiger partial charge < -0.3 is 20.2 Å². The number of rotatable bonds is 10. The molecule has 2 radical (unpaired) electrons. The minimum Gasteiger partial charge on any atom is -0.379 e. The topological polar surface area (TPSA) is 39.8 Å². The van der Waals surface area contributed by atoms with Gasteiger partial charge in [-0.2, -0.15) is 0 Å². The molecule has 2 heterocycles. The Kier molecular flexibility index (Phi) is 9.90. The Morgan fingerprint density at radius 2 is 1.68 bits per heavy atom. The van der Waals surface area contributed by atoms with Crippen molar-refractivity contribution in [1.82, 2.24) is 20.3 Å². The zero-order valence-electron chi connectivity index (χ0n) is 21.7. The molecule has 3 fully saturated rings. The minimum absolute atomic E-state index is 0.322. The molecule has 2 aliphatic heterocycles. The maximum atomic E-state index is 6.02. The van der Waals surface area contributed by atoms with Gasteiger partial charge in [-0.3, -0.25) is 4.90 Å². The van der Waals surface area contributed by atoms with Crippen molar-refractivity contribution in [2.45, 2.75) is 88.9 Å². The van der Waals surface area contributed by atoms with E-state index in [1.54, 1.807) is 0 Å². The van der Waals surface area contributed by atoms with Crippen LogP contribution in [0.4, 0.5) is 0 Å². The van der Waals surface area contributed by atoms with Gasteiger partial charge in [0, 0.05) is 43.9 Å². The number of hydrogen-bond acceptors (Lipinski definition) is 5. The second kappa shape index (κ2) is 12.9. The van der Waals surface area contributed by atoms with Crippen LogP contribution in [0.25, 0.3) is 0 Å². The summed E-state index contributed by atoms with van der Waals surface area (Å²) in [6.07, 6.45) is 10.4. The van der Waals surface area contributed by atoms with E-state index in [0.29, 0.717) is 23.7 Å². The van der Waals surface area contributed by atoms with Gasteiger partial charge >= 0.3 is 0 Å². The highest BCUT2D eigenvalue weighted by Gasteiger charge is 2.36. The van der Waals surface area contributed by atoms with Gasteiger partial charge in [0.2, 0.25) is 0 Å². The van der Waals surface area contributed by atoms with Crippen LogP contribution in [0.15, 0.2) is 30.3 Å². The molecular weight excluding hydrogens is 419 g/mol. The summed E-state index contributed by atoms with van der Waals surface area (Å²) >= 11 is 0. The zero-order chi connectivity index (χ0) is 23.8. The summed E-state index contributed by atoms with van der Waals surface area (Å²) < 4.78 is 5.83. The molecule has 188 valence electrons. The number of likely N-dealkylation sites (tertiary alicyclic amines) is 1. The van der Waals surface area contributed by atoms with Gasteiger partial charge in [-0.1, -0.05) is 30.3 Å². The fourth-order valence-corrected chi connectivity index (χ4v) is 6.32. The fourth-order valence-electron chi connectivity index (χ4n) is 6.32. The average molecular weight is 467 g/mol. The van der Waals surface area contributed by atoms with Crippen molar-refractivity contribution in [3.8, 4) is 0 Å². The van der Waals surface area contributed by atoms with Crippen LogP contribution in [-0.4, -0.2) is 81.3 Å². The summed E-state index contributed by atoms with van der Waals surface area (Å²) in [4.78, 5) is 4.73. The Morgan fingerprint density at radius 1 is 1.00 bits per heavy atom. The van der Waals surface area contributed by atoms with E-state index in [4.69, 9.17) is 12.7 Å². The molecule has 2 N–H and O–H groups in total. The number of benzene rings is 1. The molecule has 0 bridgehead atoms. The number of ether oxygens (including phenoxy) is 1. The predicted octanol–water partition coefficient (Wildman–Crippen LogP) is 3.90. The zero-order valence-corrected chi connectivity index (χ0v) is 21.7. The third-order valence-electron chi connectivity index (χ3n) is 8.75. The molecule has 1 atom stereocenters. The minimum atomic E-state index is 0.322. The summed E-state index contributed by atoms with van der Waals surface area (Å²) in [5.74, 6) is 0.789. The van der Waals surface area contributed by atoms with Crippen molar-refractivity contribution in [1.29, 1.82) is 0 Å². The van der Waals surface area contributed by atoms with Crippen LogP contribution in [0.5, 0.6) is 0 Å². The quantitative estimate of drug-likeness (QED) is 0.512.